The van der Waals surface area contributed by atoms with Crippen LogP contribution in [0.3, 0.4) is 0 Å². The highest BCUT2D eigenvalue weighted by Crippen LogP contribution is 2.32. The van der Waals surface area contributed by atoms with Gasteiger partial charge in [-0.15, -0.1) is 0 Å². The molecule has 0 unspecified atom stereocenters. The molecule has 1 aliphatic rings. The molecular weight excluding hydrogens is 162 g/mol. The minimum absolute atomic E-state index is 0.0113. The number of carboxylic acids is 2. The van der Waals surface area contributed by atoms with Gasteiger partial charge in [0.25, 0.3) is 0 Å². The van der Waals surface area contributed by atoms with Gasteiger partial charge in [0.2, 0.25) is 5.54 Å². The van der Waals surface area contributed by atoms with E-state index in [0.717, 1.165) is 0 Å². The summed E-state index contributed by atoms with van der Waals surface area (Å²) in [5.74, 6) is -2.61. The molecule has 1 heterocycles. The molecule has 1 atom stereocenters. The zero-order valence-corrected chi connectivity index (χ0v) is 6.87. The van der Waals surface area contributed by atoms with Gasteiger partial charge in [0.05, 0.1) is 6.04 Å². The second kappa shape index (κ2) is 2.45. The minimum Gasteiger partial charge on any atom is -0.479 e. The molecule has 0 aliphatic carbocycles. The Bertz CT molecular complexity index is 222. The topological polar surface area (TPSA) is 96.5 Å². The van der Waals surface area contributed by atoms with E-state index in [2.05, 4.69) is 5.32 Å². The molecule has 0 aromatic rings. The predicted molar refractivity (Wildman–Crippen MR) is 39.8 cm³/mol. The van der Waals surface area contributed by atoms with E-state index in [1.54, 1.807) is 13.8 Å². The average molecular weight is 173 g/mol. The second-order valence-electron chi connectivity index (χ2n) is 3.28. The van der Waals surface area contributed by atoms with Crippen molar-refractivity contribution >= 4 is 11.9 Å². The number of hydrogen-bond donors (Lipinski definition) is 3. The second-order valence-corrected chi connectivity index (χ2v) is 3.28. The van der Waals surface area contributed by atoms with Crippen molar-refractivity contribution in [3.05, 3.63) is 0 Å². The quantitative estimate of drug-likeness (QED) is 0.395. The minimum atomic E-state index is -1.73. The van der Waals surface area contributed by atoms with Gasteiger partial charge >= 0.3 is 11.9 Å². The summed E-state index contributed by atoms with van der Waals surface area (Å²) in [5.41, 5.74) is -1.73. The third-order valence-electron chi connectivity index (χ3n) is 2.11. The maximum atomic E-state index is 10.6. The molecule has 0 amide bonds. The summed E-state index contributed by atoms with van der Waals surface area (Å²) in [6, 6.07) is -0.451. The van der Waals surface area contributed by atoms with E-state index < -0.39 is 23.5 Å². The number of carboxylic acid groups (broad SMARTS) is 2. The Morgan fingerprint density at radius 2 is 1.75 bits per heavy atom. The fraction of sp³-hybridized carbons (Fsp3) is 0.714. The van der Waals surface area contributed by atoms with Gasteiger partial charge in [-0.3, -0.25) is 5.32 Å². The van der Waals surface area contributed by atoms with E-state index in [4.69, 9.17) is 10.2 Å². The van der Waals surface area contributed by atoms with Crippen LogP contribution < -0.4 is 5.32 Å². The number of nitrogens with one attached hydrogen (secondary N) is 1. The number of aliphatic carboxylic acids is 2. The van der Waals surface area contributed by atoms with Crippen molar-refractivity contribution in [2.24, 2.45) is 5.92 Å². The Hall–Kier alpha value is -1.10. The van der Waals surface area contributed by atoms with Gasteiger partial charge in [-0.2, -0.15) is 0 Å². The van der Waals surface area contributed by atoms with Crippen molar-refractivity contribution in [2.75, 3.05) is 0 Å². The highest BCUT2D eigenvalue weighted by atomic mass is 16.4. The van der Waals surface area contributed by atoms with Crippen LogP contribution in [0.4, 0.5) is 0 Å². The third-order valence-corrected chi connectivity index (χ3v) is 2.11. The van der Waals surface area contributed by atoms with Crippen molar-refractivity contribution < 1.29 is 19.8 Å². The lowest BCUT2D eigenvalue weighted by Gasteiger charge is -2.05. The predicted octanol–water partition coefficient (Wildman–Crippen LogP) is -0.478. The maximum Gasteiger partial charge on any atom is 0.337 e. The maximum absolute atomic E-state index is 10.6. The first-order chi connectivity index (χ1) is 5.43. The first-order valence-electron chi connectivity index (χ1n) is 3.67. The van der Waals surface area contributed by atoms with Crippen LogP contribution in [0.1, 0.15) is 13.8 Å². The lowest BCUT2D eigenvalue weighted by molar-refractivity contribution is -0.152. The molecule has 0 aromatic heterocycles. The van der Waals surface area contributed by atoms with Crippen LogP contribution in [-0.4, -0.2) is 33.7 Å². The first-order valence-corrected chi connectivity index (χ1v) is 3.67. The van der Waals surface area contributed by atoms with Crippen LogP contribution in [0.2, 0.25) is 0 Å². The molecule has 1 saturated heterocycles. The molecule has 12 heavy (non-hydrogen) atoms. The van der Waals surface area contributed by atoms with Crippen LogP contribution >= 0.6 is 0 Å². The summed E-state index contributed by atoms with van der Waals surface area (Å²) in [7, 11) is 0. The SMILES string of the molecule is CC(C)[C@H]1NC1(C(=O)O)C(=O)O. The smallest absolute Gasteiger partial charge is 0.337 e. The largest absolute Gasteiger partial charge is 0.479 e. The third kappa shape index (κ3) is 0.972. The molecule has 0 radical (unpaired) electrons. The molecule has 1 fully saturated rings. The lowest BCUT2D eigenvalue weighted by Crippen LogP contribution is -2.39. The van der Waals surface area contributed by atoms with Crippen molar-refractivity contribution in [1.29, 1.82) is 0 Å². The average Bonchev–Trinajstić information content (AvgIpc) is 2.60. The van der Waals surface area contributed by atoms with Crippen LogP contribution in [-0.2, 0) is 9.59 Å². The molecule has 1 aliphatic heterocycles. The van der Waals surface area contributed by atoms with E-state index in [1.165, 1.54) is 0 Å². The van der Waals surface area contributed by atoms with Crippen LogP contribution in [0.15, 0.2) is 0 Å². The molecule has 68 valence electrons. The van der Waals surface area contributed by atoms with E-state index in [0.29, 0.717) is 0 Å². The summed E-state index contributed by atoms with van der Waals surface area (Å²) in [6.07, 6.45) is 0. The molecule has 3 N–H and O–H groups in total. The number of carbonyl (C=O) groups is 2. The van der Waals surface area contributed by atoms with Gasteiger partial charge in [0.15, 0.2) is 0 Å². The highest BCUT2D eigenvalue weighted by Gasteiger charge is 2.67. The van der Waals surface area contributed by atoms with E-state index in [1.807, 2.05) is 0 Å². The molecule has 0 bridgehead atoms. The number of hydrogen-bond acceptors (Lipinski definition) is 3. The number of rotatable bonds is 3. The normalized spacial score (nSPS) is 25.4. The van der Waals surface area contributed by atoms with Gasteiger partial charge < -0.3 is 10.2 Å². The molecule has 1 rings (SSSR count). The molecule has 5 heteroatoms. The molecule has 5 nitrogen and oxygen atoms in total. The van der Waals surface area contributed by atoms with E-state index in [-0.39, 0.29) is 5.92 Å². The summed E-state index contributed by atoms with van der Waals surface area (Å²) >= 11 is 0. The van der Waals surface area contributed by atoms with Crippen molar-refractivity contribution in [1.82, 2.24) is 5.32 Å². The summed E-state index contributed by atoms with van der Waals surface area (Å²) < 4.78 is 0. The van der Waals surface area contributed by atoms with Gasteiger partial charge in [0, 0.05) is 0 Å². The standard InChI is InChI=1S/C7H11NO4/c1-3(2)4-7(8-4,5(9)10)6(11)12/h3-4,8H,1-2H3,(H,9,10)(H,11,12)/t4-/m1/s1. The van der Waals surface area contributed by atoms with Gasteiger partial charge in [-0.05, 0) is 5.92 Å². The van der Waals surface area contributed by atoms with Gasteiger partial charge in [-0.1, -0.05) is 13.8 Å². The highest BCUT2D eigenvalue weighted by molar-refractivity contribution is 6.08. The Morgan fingerprint density at radius 1 is 1.33 bits per heavy atom. The Morgan fingerprint density at radius 3 is 1.83 bits per heavy atom. The molecule has 0 aromatic carbocycles. The van der Waals surface area contributed by atoms with Gasteiger partial charge in [0.1, 0.15) is 0 Å². The lowest BCUT2D eigenvalue weighted by atomic mass is 9.97. The van der Waals surface area contributed by atoms with Crippen molar-refractivity contribution in [2.45, 2.75) is 25.4 Å². The molecular formula is C7H11NO4. The van der Waals surface area contributed by atoms with Crippen LogP contribution in [0, 0.1) is 5.92 Å². The zero-order chi connectivity index (χ0) is 9.52. The van der Waals surface area contributed by atoms with Crippen LogP contribution in [0.5, 0.6) is 0 Å². The van der Waals surface area contributed by atoms with Crippen molar-refractivity contribution in [3.8, 4) is 0 Å². The summed E-state index contributed by atoms with van der Waals surface area (Å²) in [5, 5.41) is 19.8. The first kappa shape index (κ1) is 8.99. The summed E-state index contributed by atoms with van der Waals surface area (Å²) in [6.45, 7) is 3.57. The van der Waals surface area contributed by atoms with Gasteiger partial charge in [-0.25, -0.2) is 9.59 Å². The zero-order valence-electron chi connectivity index (χ0n) is 6.87. The molecule has 0 spiro atoms. The fourth-order valence-corrected chi connectivity index (χ4v) is 1.35. The van der Waals surface area contributed by atoms with E-state index >= 15 is 0 Å². The van der Waals surface area contributed by atoms with E-state index in [9.17, 15) is 9.59 Å². The van der Waals surface area contributed by atoms with Crippen LogP contribution in [0.25, 0.3) is 0 Å². The molecule has 0 saturated carbocycles. The Labute approximate surface area is 69.4 Å². The monoisotopic (exact) mass is 173 g/mol. The Kier molecular flexibility index (Phi) is 1.83. The fourth-order valence-electron chi connectivity index (χ4n) is 1.35. The summed E-state index contributed by atoms with van der Waals surface area (Å²) in [4.78, 5) is 21.2. The Balaban J connectivity index is 2.83. The van der Waals surface area contributed by atoms with Crippen molar-refractivity contribution in [3.63, 3.8) is 0 Å².